The Hall–Kier alpha value is -2.56. The second-order valence-corrected chi connectivity index (χ2v) is 5.33. The van der Waals surface area contributed by atoms with Crippen LogP contribution in [0.5, 0.6) is 11.5 Å². The SMILES string of the molecule is Cc1cccc(OCC(=O)N2CC(Oc3cccnc3)C2)c1. The number of likely N-dealkylation sites (tertiary alicyclic amines) is 1. The van der Waals surface area contributed by atoms with Gasteiger partial charge < -0.3 is 14.4 Å². The van der Waals surface area contributed by atoms with Gasteiger partial charge in [-0.15, -0.1) is 0 Å². The Kier molecular flexibility index (Phi) is 4.23. The lowest BCUT2D eigenvalue weighted by Gasteiger charge is -2.38. The molecule has 1 amide bonds. The van der Waals surface area contributed by atoms with Crippen LogP contribution < -0.4 is 9.47 Å². The number of pyridine rings is 1. The molecule has 5 heteroatoms. The number of benzene rings is 1. The molecule has 1 saturated heterocycles. The van der Waals surface area contributed by atoms with E-state index in [0.717, 1.165) is 17.1 Å². The number of hydrogen-bond acceptors (Lipinski definition) is 4. The van der Waals surface area contributed by atoms with E-state index in [2.05, 4.69) is 4.98 Å². The van der Waals surface area contributed by atoms with Gasteiger partial charge in [0.1, 0.15) is 17.6 Å². The number of aryl methyl sites for hydroxylation is 1. The van der Waals surface area contributed by atoms with Crippen molar-refractivity contribution in [2.45, 2.75) is 13.0 Å². The summed E-state index contributed by atoms with van der Waals surface area (Å²) in [4.78, 5) is 17.7. The van der Waals surface area contributed by atoms with Gasteiger partial charge >= 0.3 is 0 Å². The van der Waals surface area contributed by atoms with E-state index in [1.165, 1.54) is 0 Å². The molecule has 1 aromatic carbocycles. The summed E-state index contributed by atoms with van der Waals surface area (Å²) in [6, 6.07) is 11.4. The minimum atomic E-state index is -0.0208. The van der Waals surface area contributed by atoms with Gasteiger partial charge in [-0.05, 0) is 36.8 Å². The summed E-state index contributed by atoms with van der Waals surface area (Å²) in [6.07, 6.45) is 3.41. The van der Waals surface area contributed by atoms with E-state index in [4.69, 9.17) is 9.47 Å². The monoisotopic (exact) mass is 298 g/mol. The van der Waals surface area contributed by atoms with Gasteiger partial charge in [-0.25, -0.2) is 0 Å². The topological polar surface area (TPSA) is 51.7 Å². The van der Waals surface area contributed by atoms with Crippen molar-refractivity contribution in [2.75, 3.05) is 19.7 Å². The van der Waals surface area contributed by atoms with Gasteiger partial charge in [0.05, 0.1) is 19.3 Å². The Balaban J connectivity index is 1.42. The van der Waals surface area contributed by atoms with Crippen LogP contribution in [-0.2, 0) is 4.79 Å². The predicted octanol–water partition coefficient (Wildman–Crippen LogP) is 2.06. The Morgan fingerprint density at radius 2 is 2.09 bits per heavy atom. The number of nitrogens with zero attached hydrogens (tertiary/aromatic N) is 2. The number of amides is 1. The molecule has 0 N–H and O–H groups in total. The van der Waals surface area contributed by atoms with Crippen LogP contribution in [0.1, 0.15) is 5.56 Å². The third-order valence-corrected chi connectivity index (χ3v) is 3.49. The summed E-state index contributed by atoms with van der Waals surface area (Å²) >= 11 is 0. The molecular weight excluding hydrogens is 280 g/mol. The van der Waals surface area contributed by atoms with Crippen LogP contribution in [0.4, 0.5) is 0 Å². The van der Waals surface area contributed by atoms with Crippen LogP contribution in [-0.4, -0.2) is 41.6 Å². The third-order valence-electron chi connectivity index (χ3n) is 3.49. The molecule has 0 radical (unpaired) electrons. The van der Waals surface area contributed by atoms with Gasteiger partial charge in [0.15, 0.2) is 6.61 Å². The van der Waals surface area contributed by atoms with Crippen LogP contribution in [0.3, 0.4) is 0 Å². The molecule has 0 atom stereocenters. The highest BCUT2D eigenvalue weighted by molar-refractivity contribution is 5.78. The van der Waals surface area contributed by atoms with E-state index in [1.807, 2.05) is 43.3 Å². The van der Waals surface area contributed by atoms with Crippen molar-refractivity contribution in [2.24, 2.45) is 0 Å². The molecule has 5 nitrogen and oxygen atoms in total. The van der Waals surface area contributed by atoms with Gasteiger partial charge in [-0.3, -0.25) is 9.78 Å². The average Bonchev–Trinajstić information content (AvgIpc) is 2.49. The van der Waals surface area contributed by atoms with Gasteiger partial charge in [0.25, 0.3) is 5.91 Å². The van der Waals surface area contributed by atoms with Gasteiger partial charge in [-0.2, -0.15) is 0 Å². The number of aromatic nitrogens is 1. The Bertz CT molecular complexity index is 639. The summed E-state index contributed by atoms with van der Waals surface area (Å²) in [5.74, 6) is 1.43. The molecule has 1 aromatic heterocycles. The number of hydrogen-bond donors (Lipinski definition) is 0. The van der Waals surface area contributed by atoms with E-state index in [9.17, 15) is 4.79 Å². The van der Waals surface area contributed by atoms with Crippen molar-refractivity contribution in [3.8, 4) is 11.5 Å². The maximum Gasteiger partial charge on any atom is 0.260 e. The zero-order valence-electron chi connectivity index (χ0n) is 12.4. The zero-order valence-corrected chi connectivity index (χ0v) is 12.4. The van der Waals surface area contributed by atoms with E-state index in [-0.39, 0.29) is 18.6 Å². The highest BCUT2D eigenvalue weighted by atomic mass is 16.5. The fourth-order valence-electron chi connectivity index (χ4n) is 2.27. The predicted molar refractivity (Wildman–Crippen MR) is 81.9 cm³/mol. The third kappa shape index (κ3) is 3.55. The maximum absolute atomic E-state index is 12.0. The van der Waals surface area contributed by atoms with E-state index in [0.29, 0.717) is 13.1 Å². The summed E-state index contributed by atoms with van der Waals surface area (Å²) in [7, 11) is 0. The standard InChI is InChI=1S/C17H18N2O3/c1-13-4-2-5-14(8-13)21-12-17(20)19-10-16(11-19)22-15-6-3-7-18-9-15/h2-9,16H,10-12H2,1H3. The van der Waals surface area contributed by atoms with Crippen LogP contribution in [0.15, 0.2) is 48.8 Å². The molecule has 1 aliphatic rings. The first-order chi connectivity index (χ1) is 10.7. The number of carbonyl (C=O) groups excluding carboxylic acids is 1. The molecule has 22 heavy (non-hydrogen) atoms. The first kappa shape index (κ1) is 14.4. The van der Waals surface area contributed by atoms with Crippen molar-refractivity contribution in [3.63, 3.8) is 0 Å². The second-order valence-electron chi connectivity index (χ2n) is 5.33. The lowest BCUT2D eigenvalue weighted by atomic mass is 10.1. The first-order valence-corrected chi connectivity index (χ1v) is 7.24. The van der Waals surface area contributed by atoms with Gasteiger partial charge in [0.2, 0.25) is 0 Å². The fraction of sp³-hybridized carbons (Fsp3) is 0.294. The lowest BCUT2D eigenvalue weighted by molar-refractivity contribution is -0.142. The summed E-state index contributed by atoms with van der Waals surface area (Å²) in [5, 5.41) is 0. The molecule has 3 rings (SSSR count). The van der Waals surface area contributed by atoms with Crippen molar-refractivity contribution in [3.05, 3.63) is 54.4 Å². The molecule has 114 valence electrons. The van der Waals surface area contributed by atoms with Crippen LogP contribution >= 0.6 is 0 Å². The van der Waals surface area contributed by atoms with E-state index in [1.54, 1.807) is 17.3 Å². The zero-order chi connectivity index (χ0) is 15.4. The second kappa shape index (κ2) is 6.47. The Morgan fingerprint density at radius 3 is 2.82 bits per heavy atom. The van der Waals surface area contributed by atoms with Crippen molar-refractivity contribution >= 4 is 5.91 Å². The molecule has 1 aliphatic heterocycles. The van der Waals surface area contributed by atoms with Gasteiger partial charge in [-0.1, -0.05) is 12.1 Å². The quantitative estimate of drug-likeness (QED) is 0.848. The molecule has 2 aromatic rings. The molecule has 0 bridgehead atoms. The summed E-state index contributed by atoms with van der Waals surface area (Å²) in [6.45, 7) is 3.23. The molecule has 0 saturated carbocycles. The fourth-order valence-corrected chi connectivity index (χ4v) is 2.27. The first-order valence-electron chi connectivity index (χ1n) is 7.24. The van der Waals surface area contributed by atoms with Crippen molar-refractivity contribution in [1.29, 1.82) is 0 Å². The normalized spacial score (nSPS) is 14.3. The number of ether oxygens (including phenoxy) is 2. The molecule has 0 spiro atoms. The molecular formula is C17H18N2O3. The van der Waals surface area contributed by atoms with Crippen LogP contribution in [0, 0.1) is 6.92 Å². The largest absolute Gasteiger partial charge is 0.485 e. The molecule has 0 unspecified atom stereocenters. The summed E-state index contributed by atoms with van der Waals surface area (Å²) in [5.41, 5.74) is 1.11. The van der Waals surface area contributed by atoms with Crippen LogP contribution in [0.2, 0.25) is 0 Å². The Labute approximate surface area is 129 Å². The van der Waals surface area contributed by atoms with Crippen LogP contribution in [0.25, 0.3) is 0 Å². The van der Waals surface area contributed by atoms with Crippen molar-refractivity contribution in [1.82, 2.24) is 9.88 Å². The smallest absolute Gasteiger partial charge is 0.260 e. The molecule has 1 fully saturated rings. The minimum Gasteiger partial charge on any atom is -0.485 e. The molecule has 0 aliphatic carbocycles. The van der Waals surface area contributed by atoms with Gasteiger partial charge in [0, 0.05) is 6.20 Å². The van der Waals surface area contributed by atoms with Crippen molar-refractivity contribution < 1.29 is 14.3 Å². The number of carbonyl (C=O) groups is 1. The maximum atomic E-state index is 12.0. The highest BCUT2D eigenvalue weighted by Crippen LogP contribution is 2.17. The summed E-state index contributed by atoms with van der Waals surface area (Å²) < 4.78 is 11.2. The minimum absolute atomic E-state index is 0.0208. The Morgan fingerprint density at radius 1 is 1.27 bits per heavy atom. The highest BCUT2D eigenvalue weighted by Gasteiger charge is 2.32. The number of rotatable bonds is 5. The lowest BCUT2D eigenvalue weighted by Crippen LogP contribution is -2.57. The molecule has 2 heterocycles. The van der Waals surface area contributed by atoms with E-state index >= 15 is 0 Å². The average molecular weight is 298 g/mol. The van der Waals surface area contributed by atoms with E-state index < -0.39 is 0 Å².